The van der Waals surface area contributed by atoms with Gasteiger partial charge in [-0.05, 0) is 34.1 Å². The summed E-state index contributed by atoms with van der Waals surface area (Å²) >= 11 is 0. The fourth-order valence-corrected chi connectivity index (χ4v) is 2.82. The van der Waals surface area contributed by atoms with Gasteiger partial charge in [-0.15, -0.1) is 0 Å². The molecule has 20 heavy (non-hydrogen) atoms. The normalized spacial score (nSPS) is 19.9. The molecule has 0 aliphatic carbocycles. The predicted molar refractivity (Wildman–Crippen MR) is 81.9 cm³/mol. The molecule has 1 atom stereocenters. The second kappa shape index (κ2) is 5.74. The van der Waals surface area contributed by atoms with E-state index in [9.17, 15) is 5.11 Å². The number of rotatable bonds is 4. The Labute approximate surface area is 122 Å². The molecule has 1 aliphatic rings. The fourth-order valence-electron chi connectivity index (χ4n) is 2.82. The molecule has 1 aromatic rings. The smallest absolute Gasteiger partial charge is 0.131 e. The van der Waals surface area contributed by atoms with Crippen LogP contribution in [-0.2, 0) is 13.6 Å². The van der Waals surface area contributed by atoms with Crippen molar-refractivity contribution in [1.29, 1.82) is 0 Å². The van der Waals surface area contributed by atoms with Crippen molar-refractivity contribution in [2.45, 2.75) is 46.2 Å². The first kappa shape index (κ1) is 15.3. The number of anilines is 1. The largest absolute Gasteiger partial charge is 0.396 e. The lowest BCUT2D eigenvalue weighted by Crippen LogP contribution is -2.36. The molecule has 2 rings (SSSR count). The van der Waals surface area contributed by atoms with E-state index in [1.807, 2.05) is 11.7 Å². The van der Waals surface area contributed by atoms with Crippen molar-refractivity contribution in [2.75, 3.05) is 24.6 Å². The highest BCUT2D eigenvalue weighted by molar-refractivity contribution is 5.51. The van der Waals surface area contributed by atoms with Crippen LogP contribution in [0.5, 0.6) is 0 Å². The Balaban J connectivity index is 2.20. The van der Waals surface area contributed by atoms with Crippen molar-refractivity contribution >= 4 is 5.82 Å². The van der Waals surface area contributed by atoms with E-state index < -0.39 is 0 Å². The van der Waals surface area contributed by atoms with E-state index in [0.717, 1.165) is 31.7 Å². The van der Waals surface area contributed by atoms with Gasteiger partial charge in [-0.3, -0.25) is 4.68 Å². The molecule has 0 amide bonds. The second-order valence-electron chi connectivity index (χ2n) is 6.90. The van der Waals surface area contributed by atoms with Gasteiger partial charge in [-0.1, -0.05) is 0 Å². The molecule has 0 radical (unpaired) electrons. The lowest BCUT2D eigenvalue weighted by atomic mass is 10.1. The quantitative estimate of drug-likeness (QED) is 0.876. The minimum Gasteiger partial charge on any atom is -0.396 e. The average molecular weight is 280 g/mol. The monoisotopic (exact) mass is 280 g/mol. The number of aryl methyl sites for hydroxylation is 2. The molecule has 0 saturated carbocycles. The summed E-state index contributed by atoms with van der Waals surface area (Å²) in [5.74, 6) is 1.60. The molecule has 5 heteroatoms. The van der Waals surface area contributed by atoms with Gasteiger partial charge in [-0.2, -0.15) is 5.10 Å². The summed E-state index contributed by atoms with van der Waals surface area (Å²) in [4.78, 5) is 2.36. The minimum absolute atomic E-state index is 0.0954. The van der Waals surface area contributed by atoms with E-state index in [4.69, 9.17) is 0 Å². The van der Waals surface area contributed by atoms with Crippen molar-refractivity contribution in [2.24, 2.45) is 13.0 Å². The third kappa shape index (κ3) is 3.33. The van der Waals surface area contributed by atoms with Gasteiger partial charge >= 0.3 is 0 Å². The van der Waals surface area contributed by atoms with E-state index >= 15 is 0 Å². The fraction of sp³-hybridized carbons (Fsp3) is 0.800. The first-order chi connectivity index (χ1) is 9.31. The molecule has 0 spiro atoms. The number of nitrogens with zero attached hydrogens (tertiary/aromatic N) is 3. The second-order valence-corrected chi connectivity index (χ2v) is 6.90. The van der Waals surface area contributed by atoms with Crippen LogP contribution in [-0.4, -0.2) is 40.1 Å². The van der Waals surface area contributed by atoms with Gasteiger partial charge in [0.1, 0.15) is 5.82 Å². The van der Waals surface area contributed by atoms with E-state index in [-0.39, 0.29) is 12.1 Å². The highest BCUT2D eigenvalue weighted by atomic mass is 16.3. The Bertz CT molecular complexity index is 461. The Morgan fingerprint density at radius 3 is 2.65 bits per heavy atom. The van der Waals surface area contributed by atoms with Gasteiger partial charge in [0.2, 0.25) is 0 Å². The molecule has 1 unspecified atom stereocenters. The van der Waals surface area contributed by atoms with Crippen LogP contribution < -0.4 is 10.2 Å². The number of hydrogen-bond acceptors (Lipinski definition) is 4. The molecular weight excluding hydrogens is 252 g/mol. The van der Waals surface area contributed by atoms with Gasteiger partial charge in [0.25, 0.3) is 0 Å². The van der Waals surface area contributed by atoms with Crippen LogP contribution >= 0.6 is 0 Å². The summed E-state index contributed by atoms with van der Waals surface area (Å²) in [6, 6.07) is 0. The van der Waals surface area contributed by atoms with Crippen LogP contribution in [0.4, 0.5) is 5.82 Å². The van der Waals surface area contributed by atoms with Crippen LogP contribution in [0.25, 0.3) is 0 Å². The third-order valence-electron chi connectivity index (χ3n) is 3.95. The van der Waals surface area contributed by atoms with Crippen molar-refractivity contribution in [3.8, 4) is 0 Å². The SMILES string of the molecule is Cc1nn(C)c(N2CCC(CO)C2)c1CNC(C)(C)C. The number of hydrogen-bond donors (Lipinski definition) is 2. The average Bonchev–Trinajstić information content (AvgIpc) is 2.90. The molecule has 1 saturated heterocycles. The van der Waals surface area contributed by atoms with Gasteiger partial charge in [-0.25, -0.2) is 0 Å². The standard InChI is InChI=1S/C15H28N4O/c1-11-13(8-16-15(2,3)4)14(18(5)17-11)19-7-6-12(9-19)10-20/h12,16,20H,6-10H2,1-5H3. The van der Waals surface area contributed by atoms with Crippen LogP contribution in [0.3, 0.4) is 0 Å². The number of aliphatic hydroxyl groups is 1. The molecular formula is C15H28N4O. The molecule has 5 nitrogen and oxygen atoms in total. The van der Waals surface area contributed by atoms with Gasteiger partial charge in [0.15, 0.2) is 0 Å². The Morgan fingerprint density at radius 1 is 1.40 bits per heavy atom. The summed E-state index contributed by atoms with van der Waals surface area (Å²) in [5, 5.41) is 17.5. The minimum atomic E-state index is 0.0954. The first-order valence-corrected chi connectivity index (χ1v) is 7.45. The van der Waals surface area contributed by atoms with Crippen LogP contribution in [0, 0.1) is 12.8 Å². The lowest BCUT2D eigenvalue weighted by molar-refractivity contribution is 0.238. The summed E-state index contributed by atoms with van der Waals surface area (Å²) in [6.45, 7) is 11.7. The van der Waals surface area contributed by atoms with E-state index in [1.54, 1.807) is 0 Å². The zero-order valence-electron chi connectivity index (χ0n) is 13.4. The van der Waals surface area contributed by atoms with Crippen molar-refractivity contribution < 1.29 is 5.11 Å². The van der Waals surface area contributed by atoms with Crippen molar-refractivity contribution in [3.63, 3.8) is 0 Å². The first-order valence-electron chi connectivity index (χ1n) is 7.45. The Morgan fingerprint density at radius 2 is 2.10 bits per heavy atom. The number of aromatic nitrogens is 2. The highest BCUT2D eigenvalue weighted by Gasteiger charge is 2.27. The van der Waals surface area contributed by atoms with E-state index in [2.05, 4.69) is 43.0 Å². The Hall–Kier alpha value is -1.07. The lowest BCUT2D eigenvalue weighted by Gasteiger charge is -2.24. The van der Waals surface area contributed by atoms with Gasteiger partial charge < -0.3 is 15.3 Å². The summed E-state index contributed by atoms with van der Waals surface area (Å²) in [7, 11) is 2.01. The number of aliphatic hydroxyl groups excluding tert-OH is 1. The summed E-state index contributed by atoms with van der Waals surface area (Å²) in [6.07, 6.45) is 1.06. The van der Waals surface area contributed by atoms with Gasteiger partial charge in [0.05, 0.1) is 5.69 Å². The molecule has 2 N–H and O–H groups in total. The van der Waals surface area contributed by atoms with Crippen molar-refractivity contribution in [1.82, 2.24) is 15.1 Å². The van der Waals surface area contributed by atoms with Crippen LogP contribution in [0.2, 0.25) is 0 Å². The molecule has 2 heterocycles. The third-order valence-corrected chi connectivity index (χ3v) is 3.95. The molecule has 1 aromatic heterocycles. The summed E-state index contributed by atoms with van der Waals surface area (Å²) in [5.41, 5.74) is 2.46. The maximum atomic E-state index is 9.32. The summed E-state index contributed by atoms with van der Waals surface area (Å²) < 4.78 is 1.98. The molecule has 1 fully saturated rings. The molecule has 0 bridgehead atoms. The predicted octanol–water partition coefficient (Wildman–Crippen LogP) is 1.44. The Kier molecular flexibility index (Phi) is 4.39. The van der Waals surface area contributed by atoms with Gasteiger partial charge in [0, 0.05) is 50.3 Å². The van der Waals surface area contributed by atoms with E-state index in [0.29, 0.717) is 5.92 Å². The maximum absolute atomic E-state index is 9.32. The van der Waals surface area contributed by atoms with Crippen LogP contribution in [0.1, 0.15) is 38.4 Å². The zero-order chi connectivity index (χ0) is 14.9. The zero-order valence-corrected chi connectivity index (χ0v) is 13.4. The maximum Gasteiger partial charge on any atom is 0.131 e. The van der Waals surface area contributed by atoms with Crippen molar-refractivity contribution in [3.05, 3.63) is 11.3 Å². The van der Waals surface area contributed by atoms with Crippen LogP contribution in [0.15, 0.2) is 0 Å². The molecule has 0 aromatic carbocycles. The molecule has 1 aliphatic heterocycles. The molecule has 114 valence electrons. The topological polar surface area (TPSA) is 53.3 Å². The van der Waals surface area contributed by atoms with E-state index in [1.165, 1.54) is 11.4 Å². The highest BCUT2D eigenvalue weighted by Crippen LogP contribution is 2.28. The number of nitrogens with one attached hydrogen (secondary N) is 1.